The Hall–Kier alpha value is -2.52. The fraction of sp³-hybridized carbons (Fsp3) is 0.136. The van der Waals surface area contributed by atoms with Crippen LogP contribution in [0.15, 0.2) is 89.8 Å². The standard InChI is InChI=1S/C22H18O2S/c23-22(17-11-5-2-6-12-17)24-19-15-21(16-9-3-1-4-10-16)25-20-14-8-7-13-18(19)20/h1-14,19,21H,15H2/t19-,21-/m0/s1. The van der Waals surface area contributed by atoms with Crippen LogP contribution >= 0.6 is 11.8 Å². The zero-order valence-electron chi connectivity index (χ0n) is 13.7. The molecule has 1 heterocycles. The molecule has 1 aliphatic heterocycles. The lowest BCUT2D eigenvalue weighted by Gasteiger charge is -2.31. The van der Waals surface area contributed by atoms with Gasteiger partial charge in [-0.3, -0.25) is 0 Å². The SMILES string of the molecule is O=C(O[C@H]1C[C@@H](c2ccccc2)Sc2ccccc21)c1ccccc1. The number of fused-ring (bicyclic) bond motifs is 1. The smallest absolute Gasteiger partial charge is 0.338 e. The van der Waals surface area contributed by atoms with E-state index in [1.807, 2.05) is 48.2 Å². The molecular weight excluding hydrogens is 328 g/mol. The Balaban J connectivity index is 1.62. The van der Waals surface area contributed by atoms with Crippen molar-refractivity contribution in [2.24, 2.45) is 0 Å². The number of carbonyl (C=O) groups is 1. The van der Waals surface area contributed by atoms with Gasteiger partial charge >= 0.3 is 5.97 Å². The molecule has 4 rings (SSSR count). The first-order valence-corrected chi connectivity index (χ1v) is 9.26. The zero-order chi connectivity index (χ0) is 17.1. The fourth-order valence-corrected chi connectivity index (χ4v) is 4.49. The van der Waals surface area contributed by atoms with Crippen molar-refractivity contribution in [3.63, 3.8) is 0 Å². The number of thioether (sulfide) groups is 1. The first kappa shape index (κ1) is 16.0. The van der Waals surface area contributed by atoms with Crippen molar-refractivity contribution < 1.29 is 9.53 Å². The molecule has 0 aromatic heterocycles. The van der Waals surface area contributed by atoms with Crippen LogP contribution in [0.3, 0.4) is 0 Å². The van der Waals surface area contributed by atoms with Gasteiger partial charge in [0.15, 0.2) is 0 Å². The Morgan fingerprint density at radius 1 is 0.840 bits per heavy atom. The molecule has 3 aromatic rings. The summed E-state index contributed by atoms with van der Waals surface area (Å²) in [6.45, 7) is 0. The highest BCUT2D eigenvalue weighted by Crippen LogP contribution is 2.49. The van der Waals surface area contributed by atoms with E-state index < -0.39 is 0 Å². The predicted molar refractivity (Wildman–Crippen MR) is 101 cm³/mol. The summed E-state index contributed by atoms with van der Waals surface area (Å²) in [6, 6.07) is 27.8. The van der Waals surface area contributed by atoms with E-state index in [4.69, 9.17) is 4.74 Å². The Bertz CT molecular complexity index is 861. The van der Waals surface area contributed by atoms with Gasteiger partial charge in [0, 0.05) is 22.1 Å². The zero-order valence-corrected chi connectivity index (χ0v) is 14.5. The van der Waals surface area contributed by atoms with Crippen molar-refractivity contribution in [2.75, 3.05) is 0 Å². The van der Waals surface area contributed by atoms with Crippen molar-refractivity contribution in [2.45, 2.75) is 22.7 Å². The molecule has 0 radical (unpaired) electrons. The lowest BCUT2D eigenvalue weighted by molar-refractivity contribution is 0.0264. The summed E-state index contributed by atoms with van der Waals surface area (Å²) >= 11 is 1.85. The van der Waals surface area contributed by atoms with Crippen LogP contribution in [0, 0.1) is 0 Å². The molecule has 0 saturated heterocycles. The molecule has 0 aliphatic carbocycles. The molecule has 25 heavy (non-hydrogen) atoms. The molecular formula is C22H18O2S. The van der Waals surface area contributed by atoms with Crippen LogP contribution < -0.4 is 0 Å². The van der Waals surface area contributed by atoms with Gasteiger partial charge in [-0.1, -0.05) is 66.7 Å². The van der Waals surface area contributed by atoms with Crippen LogP contribution in [0.4, 0.5) is 0 Å². The second-order valence-electron chi connectivity index (χ2n) is 6.05. The minimum absolute atomic E-state index is 0.227. The summed E-state index contributed by atoms with van der Waals surface area (Å²) in [4.78, 5) is 13.7. The van der Waals surface area contributed by atoms with Crippen LogP contribution in [-0.2, 0) is 4.74 Å². The number of ether oxygens (including phenoxy) is 1. The van der Waals surface area contributed by atoms with E-state index in [1.54, 1.807) is 12.1 Å². The van der Waals surface area contributed by atoms with Crippen LogP contribution in [0.25, 0.3) is 0 Å². The average molecular weight is 346 g/mol. The first-order valence-electron chi connectivity index (χ1n) is 8.38. The van der Waals surface area contributed by atoms with Crippen molar-refractivity contribution in [3.8, 4) is 0 Å². The Kier molecular flexibility index (Phi) is 4.57. The van der Waals surface area contributed by atoms with E-state index in [0.29, 0.717) is 5.56 Å². The highest BCUT2D eigenvalue weighted by Gasteiger charge is 2.31. The molecule has 2 nitrogen and oxygen atoms in total. The summed E-state index contributed by atoms with van der Waals surface area (Å²) in [5, 5.41) is 0.282. The largest absolute Gasteiger partial charge is 0.454 e. The van der Waals surface area contributed by atoms with Crippen molar-refractivity contribution >= 4 is 17.7 Å². The maximum Gasteiger partial charge on any atom is 0.338 e. The van der Waals surface area contributed by atoms with Gasteiger partial charge in [-0.2, -0.15) is 0 Å². The fourth-order valence-electron chi connectivity index (χ4n) is 3.13. The molecule has 2 atom stereocenters. The second-order valence-corrected chi connectivity index (χ2v) is 7.30. The molecule has 3 heteroatoms. The molecule has 0 N–H and O–H groups in total. The molecule has 0 amide bonds. The van der Waals surface area contributed by atoms with E-state index in [9.17, 15) is 4.79 Å². The van der Waals surface area contributed by atoms with E-state index in [1.165, 1.54) is 10.5 Å². The normalized spacial score (nSPS) is 19.0. The molecule has 3 aromatic carbocycles. The maximum atomic E-state index is 12.5. The third-order valence-electron chi connectivity index (χ3n) is 4.39. The van der Waals surface area contributed by atoms with E-state index >= 15 is 0 Å². The van der Waals surface area contributed by atoms with Crippen LogP contribution in [-0.4, -0.2) is 5.97 Å². The summed E-state index contributed by atoms with van der Waals surface area (Å²) in [6.07, 6.45) is 0.555. The molecule has 1 aliphatic rings. The predicted octanol–water partition coefficient (Wildman–Crippen LogP) is 5.82. The number of rotatable bonds is 3. The third-order valence-corrected chi connectivity index (χ3v) is 5.77. The third kappa shape index (κ3) is 3.47. The number of hydrogen-bond donors (Lipinski definition) is 0. The van der Waals surface area contributed by atoms with E-state index in [0.717, 1.165) is 12.0 Å². The maximum absolute atomic E-state index is 12.5. The van der Waals surface area contributed by atoms with Gasteiger partial charge in [-0.25, -0.2) is 4.79 Å². The second kappa shape index (κ2) is 7.16. The number of benzene rings is 3. The van der Waals surface area contributed by atoms with Gasteiger partial charge in [0.25, 0.3) is 0 Å². The molecule has 0 unspecified atom stereocenters. The molecule has 0 bridgehead atoms. The molecule has 0 fully saturated rings. The Morgan fingerprint density at radius 2 is 1.48 bits per heavy atom. The number of esters is 1. The quantitative estimate of drug-likeness (QED) is 0.559. The Morgan fingerprint density at radius 3 is 2.24 bits per heavy atom. The Labute approximate surface area is 151 Å². The van der Waals surface area contributed by atoms with Gasteiger partial charge in [-0.15, -0.1) is 11.8 Å². The van der Waals surface area contributed by atoms with Crippen molar-refractivity contribution in [3.05, 3.63) is 102 Å². The number of carbonyl (C=O) groups excluding carboxylic acids is 1. The highest BCUT2D eigenvalue weighted by molar-refractivity contribution is 7.99. The topological polar surface area (TPSA) is 26.3 Å². The van der Waals surface area contributed by atoms with E-state index in [-0.39, 0.29) is 17.3 Å². The molecule has 0 saturated carbocycles. The van der Waals surface area contributed by atoms with E-state index in [2.05, 4.69) is 36.4 Å². The van der Waals surface area contributed by atoms with Crippen molar-refractivity contribution in [1.29, 1.82) is 0 Å². The highest BCUT2D eigenvalue weighted by atomic mass is 32.2. The summed E-state index contributed by atoms with van der Waals surface area (Å²) in [7, 11) is 0. The van der Waals surface area contributed by atoms with Gasteiger partial charge < -0.3 is 4.74 Å². The van der Waals surface area contributed by atoms with Crippen LogP contribution in [0.5, 0.6) is 0 Å². The minimum atomic E-state index is -0.265. The molecule has 0 spiro atoms. The lowest BCUT2D eigenvalue weighted by Crippen LogP contribution is -2.17. The van der Waals surface area contributed by atoms with Gasteiger partial charge in [0.1, 0.15) is 6.10 Å². The minimum Gasteiger partial charge on any atom is -0.454 e. The average Bonchev–Trinajstić information content (AvgIpc) is 2.69. The van der Waals surface area contributed by atoms with Crippen LogP contribution in [0.2, 0.25) is 0 Å². The number of hydrogen-bond acceptors (Lipinski definition) is 3. The lowest BCUT2D eigenvalue weighted by atomic mass is 9.99. The summed E-state index contributed by atoms with van der Waals surface area (Å²) in [5.74, 6) is -0.265. The first-order chi connectivity index (χ1) is 12.3. The van der Waals surface area contributed by atoms with Crippen molar-refractivity contribution in [1.82, 2.24) is 0 Å². The van der Waals surface area contributed by atoms with Gasteiger partial charge in [0.2, 0.25) is 0 Å². The monoisotopic (exact) mass is 346 g/mol. The summed E-state index contributed by atoms with van der Waals surface area (Å²) in [5.41, 5.74) is 2.96. The summed E-state index contributed by atoms with van der Waals surface area (Å²) < 4.78 is 5.90. The van der Waals surface area contributed by atoms with Crippen LogP contribution in [0.1, 0.15) is 39.3 Å². The molecule has 124 valence electrons. The van der Waals surface area contributed by atoms with Gasteiger partial charge in [0.05, 0.1) is 5.56 Å². The van der Waals surface area contributed by atoms with Gasteiger partial charge in [-0.05, 0) is 23.8 Å².